The van der Waals surface area contributed by atoms with Crippen LogP contribution in [0, 0.1) is 0 Å². The highest BCUT2D eigenvalue weighted by molar-refractivity contribution is 5.39. The van der Waals surface area contributed by atoms with Crippen LogP contribution in [-0.4, -0.2) is 41.0 Å². The summed E-state index contributed by atoms with van der Waals surface area (Å²) < 4.78 is 0. The van der Waals surface area contributed by atoms with E-state index in [4.69, 9.17) is 5.84 Å². The second-order valence-corrected chi connectivity index (χ2v) is 5.09. The van der Waals surface area contributed by atoms with E-state index in [-0.39, 0.29) is 5.54 Å². The Kier molecular flexibility index (Phi) is 3.98. The molecule has 1 aromatic rings. The number of nitrogens with one attached hydrogen (secondary N) is 2. The molecule has 1 aliphatic carbocycles. The molecule has 6 heteroatoms. The van der Waals surface area contributed by atoms with Gasteiger partial charge in [-0.2, -0.15) is 4.98 Å². The molecule has 18 heavy (non-hydrogen) atoms. The van der Waals surface area contributed by atoms with Crippen LogP contribution in [0.25, 0.3) is 0 Å². The van der Waals surface area contributed by atoms with E-state index in [1.807, 2.05) is 6.07 Å². The van der Waals surface area contributed by atoms with Crippen LogP contribution >= 0.6 is 0 Å². The van der Waals surface area contributed by atoms with Crippen molar-refractivity contribution in [1.29, 1.82) is 0 Å². The van der Waals surface area contributed by atoms with Crippen LogP contribution in [0.5, 0.6) is 0 Å². The molecule has 1 aromatic heterocycles. The Morgan fingerprint density at radius 2 is 2.11 bits per heavy atom. The molecule has 6 nitrogen and oxygen atoms in total. The lowest BCUT2D eigenvalue weighted by Gasteiger charge is -2.36. The van der Waals surface area contributed by atoms with Crippen molar-refractivity contribution < 1.29 is 0 Å². The molecule has 0 radical (unpaired) electrons. The van der Waals surface area contributed by atoms with Crippen molar-refractivity contribution >= 4 is 11.8 Å². The molecule has 1 fully saturated rings. The average molecular weight is 250 g/mol. The number of nitrogens with zero attached hydrogens (tertiary/aromatic N) is 3. The Bertz CT molecular complexity index is 386. The van der Waals surface area contributed by atoms with Gasteiger partial charge >= 0.3 is 0 Å². The van der Waals surface area contributed by atoms with E-state index in [2.05, 4.69) is 39.7 Å². The number of anilines is 2. The van der Waals surface area contributed by atoms with Gasteiger partial charge in [0.1, 0.15) is 5.82 Å². The maximum atomic E-state index is 5.30. The minimum Gasteiger partial charge on any atom is -0.368 e. The average Bonchev–Trinajstić information content (AvgIpc) is 2.87. The number of hydrogen-bond acceptors (Lipinski definition) is 6. The fourth-order valence-corrected chi connectivity index (χ4v) is 2.60. The van der Waals surface area contributed by atoms with Gasteiger partial charge in [-0.05, 0) is 33.0 Å². The summed E-state index contributed by atoms with van der Waals surface area (Å²) in [5.41, 5.74) is 2.71. The number of hydrazine groups is 1. The maximum Gasteiger partial charge on any atom is 0.239 e. The van der Waals surface area contributed by atoms with Crippen molar-refractivity contribution in [1.82, 2.24) is 14.9 Å². The van der Waals surface area contributed by atoms with Crippen molar-refractivity contribution in [3.63, 3.8) is 0 Å². The standard InChI is InChI=1S/C12H22N6/c1-18(2)12(6-3-4-7-12)9-15-10-5-8-14-11(16-10)17-13/h5,8H,3-4,6-7,9,13H2,1-2H3,(H2,14,15,16,17). The van der Waals surface area contributed by atoms with Crippen LogP contribution in [-0.2, 0) is 0 Å². The first-order valence-corrected chi connectivity index (χ1v) is 6.37. The smallest absolute Gasteiger partial charge is 0.239 e. The minimum atomic E-state index is 0.251. The van der Waals surface area contributed by atoms with Crippen molar-refractivity contribution in [2.24, 2.45) is 5.84 Å². The fourth-order valence-electron chi connectivity index (χ4n) is 2.60. The van der Waals surface area contributed by atoms with E-state index in [1.54, 1.807) is 6.20 Å². The van der Waals surface area contributed by atoms with Crippen molar-refractivity contribution in [2.75, 3.05) is 31.4 Å². The van der Waals surface area contributed by atoms with Gasteiger partial charge in [-0.3, -0.25) is 5.43 Å². The van der Waals surface area contributed by atoms with Gasteiger partial charge in [0.25, 0.3) is 0 Å². The third-order valence-corrected chi connectivity index (χ3v) is 3.87. The van der Waals surface area contributed by atoms with Crippen LogP contribution in [0.2, 0.25) is 0 Å². The molecule has 1 aliphatic rings. The lowest BCUT2D eigenvalue weighted by Crippen LogP contribution is -2.47. The molecule has 2 rings (SSSR count). The summed E-state index contributed by atoms with van der Waals surface area (Å²) in [5.74, 6) is 6.55. The Labute approximate surface area is 108 Å². The largest absolute Gasteiger partial charge is 0.368 e. The van der Waals surface area contributed by atoms with Crippen LogP contribution in [0.4, 0.5) is 11.8 Å². The number of nitrogen functional groups attached to an aromatic ring is 1. The molecule has 1 heterocycles. The first-order valence-electron chi connectivity index (χ1n) is 6.37. The molecular weight excluding hydrogens is 228 g/mol. The predicted octanol–water partition coefficient (Wildman–Crippen LogP) is 1.05. The normalized spacial score (nSPS) is 18.0. The van der Waals surface area contributed by atoms with Crippen molar-refractivity contribution in [2.45, 2.75) is 31.2 Å². The van der Waals surface area contributed by atoms with E-state index in [0.29, 0.717) is 5.95 Å². The number of likely N-dealkylation sites (N-methyl/N-ethyl adjacent to an activating group) is 1. The summed E-state index contributed by atoms with van der Waals surface area (Å²) in [6.07, 6.45) is 6.78. The van der Waals surface area contributed by atoms with E-state index in [1.165, 1.54) is 25.7 Å². The third kappa shape index (κ3) is 2.70. The van der Waals surface area contributed by atoms with Crippen molar-refractivity contribution in [3.05, 3.63) is 12.3 Å². The highest BCUT2D eigenvalue weighted by atomic mass is 15.3. The van der Waals surface area contributed by atoms with Gasteiger partial charge in [0.15, 0.2) is 0 Å². The Balaban J connectivity index is 2.01. The topological polar surface area (TPSA) is 79.1 Å². The highest BCUT2D eigenvalue weighted by Gasteiger charge is 2.35. The van der Waals surface area contributed by atoms with Crippen LogP contribution in [0.1, 0.15) is 25.7 Å². The van der Waals surface area contributed by atoms with Crippen LogP contribution in [0.3, 0.4) is 0 Å². The maximum absolute atomic E-state index is 5.30. The molecule has 0 atom stereocenters. The quantitative estimate of drug-likeness (QED) is 0.535. The summed E-state index contributed by atoms with van der Waals surface area (Å²) in [6.45, 7) is 0.904. The summed E-state index contributed by atoms with van der Waals surface area (Å²) in [4.78, 5) is 10.6. The fraction of sp³-hybridized carbons (Fsp3) is 0.667. The van der Waals surface area contributed by atoms with Gasteiger partial charge in [-0.15, -0.1) is 0 Å². The third-order valence-electron chi connectivity index (χ3n) is 3.87. The number of nitrogens with two attached hydrogens (primary N) is 1. The molecule has 0 amide bonds. The summed E-state index contributed by atoms with van der Waals surface area (Å²) in [7, 11) is 4.31. The van der Waals surface area contributed by atoms with Gasteiger partial charge in [-0.1, -0.05) is 12.8 Å². The highest BCUT2D eigenvalue weighted by Crippen LogP contribution is 2.33. The summed E-state index contributed by atoms with van der Waals surface area (Å²) in [6, 6.07) is 1.86. The Morgan fingerprint density at radius 1 is 1.39 bits per heavy atom. The molecular formula is C12H22N6. The SMILES string of the molecule is CN(C)C1(CNc2ccnc(NN)n2)CCCC1. The number of rotatable bonds is 5. The van der Waals surface area contributed by atoms with E-state index < -0.39 is 0 Å². The first kappa shape index (κ1) is 13.0. The van der Waals surface area contributed by atoms with Gasteiger partial charge in [0, 0.05) is 18.3 Å². The molecule has 1 saturated carbocycles. The second-order valence-electron chi connectivity index (χ2n) is 5.09. The van der Waals surface area contributed by atoms with Gasteiger partial charge in [0.05, 0.1) is 0 Å². The lowest BCUT2D eigenvalue weighted by atomic mass is 9.96. The molecule has 100 valence electrons. The minimum absolute atomic E-state index is 0.251. The molecule has 0 saturated heterocycles. The molecule has 0 aromatic carbocycles. The number of hydrogen-bond donors (Lipinski definition) is 3. The zero-order chi connectivity index (χ0) is 13.0. The molecule has 4 N–H and O–H groups in total. The number of aromatic nitrogens is 2. The van der Waals surface area contributed by atoms with Gasteiger partial charge in [0.2, 0.25) is 5.95 Å². The van der Waals surface area contributed by atoms with E-state index in [9.17, 15) is 0 Å². The monoisotopic (exact) mass is 250 g/mol. The molecule has 0 unspecified atom stereocenters. The van der Waals surface area contributed by atoms with Crippen LogP contribution < -0.4 is 16.6 Å². The Morgan fingerprint density at radius 3 is 2.72 bits per heavy atom. The van der Waals surface area contributed by atoms with Crippen LogP contribution in [0.15, 0.2) is 12.3 Å². The first-order chi connectivity index (χ1) is 8.66. The molecule has 0 bridgehead atoms. The zero-order valence-electron chi connectivity index (χ0n) is 11.1. The van der Waals surface area contributed by atoms with Gasteiger partial charge in [-0.25, -0.2) is 10.8 Å². The van der Waals surface area contributed by atoms with Gasteiger partial charge < -0.3 is 10.2 Å². The molecule has 0 spiro atoms. The van der Waals surface area contributed by atoms with E-state index >= 15 is 0 Å². The van der Waals surface area contributed by atoms with Crippen molar-refractivity contribution in [3.8, 4) is 0 Å². The molecule has 0 aliphatic heterocycles. The Hall–Kier alpha value is -1.40. The summed E-state index contributed by atoms with van der Waals surface area (Å²) in [5, 5.41) is 3.40. The summed E-state index contributed by atoms with van der Waals surface area (Å²) >= 11 is 0. The lowest BCUT2D eigenvalue weighted by molar-refractivity contribution is 0.172. The zero-order valence-corrected chi connectivity index (χ0v) is 11.1. The predicted molar refractivity (Wildman–Crippen MR) is 73.2 cm³/mol. The van der Waals surface area contributed by atoms with E-state index in [0.717, 1.165) is 12.4 Å². The second kappa shape index (κ2) is 5.49.